The molecule has 0 aliphatic carbocycles. The summed E-state index contributed by atoms with van der Waals surface area (Å²) in [6.07, 6.45) is 4.25. The maximum Gasteiger partial charge on any atom is 0.226 e. The smallest absolute Gasteiger partial charge is 0.226 e. The molecular weight excluding hydrogens is 278 g/mol. The average molecular weight is 290 g/mol. The zero-order valence-electron chi connectivity index (χ0n) is 10.5. The van der Waals surface area contributed by atoms with E-state index < -0.39 is 0 Å². The van der Waals surface area contributed by atoms with Gasteiger partial charge >= 0.3 is 0 Å². The Hall–Kier alpha value is -2.25. The molecule has 0 saturated carbocycles. The minimum absolute atomic E-state index is 0.130. The lowest BCUT2D eigenvalue weighted by Crippen LogP contribution is -2.10. The van der Waals surface area contributed by atoms with E-state index in [1.807, 2.05) is 22.8 Å². The maximum atomic E-state index is 5.88. The Morgan fingerprint density at radius 1 is 1.25 bits per heavy atom. The number of hydrogen-bond donors (Lipinski definition) is 2. The van der Waals surface area contributed by atoms with Crippen LogP contribution in [0.3, 0.4) is 0 Å². The van der Waals surface area contributed by atoms with Crippen molar-refractivity contribution in [3.63, 3.8) is 0 Å². The first-order valence-electron chi connectivity index (χ1n) is 6.03. The Kier molecular flexibility index (Phi) is 3.44. The SMILES string of the molecule is NNc1nc(Cl)nc2c1ncn2CCc1ccccn1. The highest BCUT2D eigenvalue weighted by atomic mass is 35.5. The van der Waals surface area contributed by atoms with Gasteiger partial charge in [0.1, 0.15) is 0 Å². The highest BCUT2D eigenvalue weighted by molar-refractivity contribution is 6.28. The molecular formula is C12H12ClN7. The average Bonchev–Trinajstić information content (AvgIpc) is 2.88. The van der Waals surface area contributed by atoms with E-state index in [0.29, 0.717) is 23.5 Å². The van der Waals surface area contributed by atoms with Crippen molar-refractivity contribution in [1.29, 1.82) is 0 Å². The molecule has 3 heterocycles. The fraction of sp³-hybridized carbons (Fsp3) is 0.167. The number of halogens is 1. The molecule has 0 fully saturated rings. The van der Waals surface area contributed by atoms with Crippen molar-refractivity contribution in [2.45, 2.75) is 13.0 Å². The van der Waals surface area contributed by atoms with Gasteiger partial charge in [0.05, 0.1) is 6.33 Å². The van der Waals surface area contributed by atoms with Crippen LogP contribution in [-0.4, -0.2) is 24.5 Å². The third-order valence-corrected chi connectivity index (χ3v) is 3.08. The number of nitrogens with one attached hydrogen (secondary N) is 1. The number of hydrogen-bond acceptors (Lipinski definition) is 6. The van der Waals surface area contributed by atoms with Gasteiger partial charge in [0, 0.05) is 24.9 Å². The van der Waals surface area contributed by atoms with E-state index in [1.165, 1.54) is 0 Å². The lowest BCUT2D eigenvalue weighted by Gasteiger charge is -2.05. The Morgan fingerprint density at radius 2 is 2.15 bits per heavy atom. The molecule has 0 unspecified atom stereocenters. The number of hydrazine groups is 1. The van der Waals surface area contributed by atoms with E-state index >= 15 is 0 Å². The van der Waals surface area contributed by atoms with Crippen LogP contribution in [0.5, 0.6) is 0 Å². The van der Waals surface area contributed by atoms with Gasteiger partial charge in [-0.15, -0.1) is 0 Å². The largest absolute Gasteiger partial charge is 0.315 e. The second-order valence-electron chi connectivity index (χ2n) is 4.17. The van der Waals surface area contributed by atoms with Gasteiger partial charge in [-0.25, -0.2) is 10.8 Å². The first-order valence-corrected chi connectivity index (χ1v) is 6.40. The van der Waals surface area contributed by atoms with Crippen molar-refractivity contribution >= 4 is 28.6 Å². The van der Waals surface area contributed by atoms with Crippen LogP contribution in [0.1, 0.15) is 5.69 Å². The molecule has 3 aromatic rings. The van der Waals surface area contributed by atoms with Crippen molar-refractivity contribution in [3.8, 4) is 0 Å². The highest BCUT2D eigenvalue weighted by Crippen LogP contribution is 2.20. The summed E-state index contributed by atoms with van der Waals surface area (Å²) in [5.41, 5.74) is 4.72. The summed E-state index contributed by atoms with van der Waals surface area (Å²) in [5.74, 6) is 5.81. The second kappa shape index (κ2) is 5.40. The van der Waals surface area contributed by atoms with Crippen LogP contribution < -0.4 is 11.3 Å². The number of aryl methyl sites for hydroxylation is 2. The molecule has 3 rings (SSSR count). The second-order valence-corrected chi connectivity index (χ2v) is 4.50. The number of imidazole rings is 1. The Morgan fingerprint density at radius 3 is 2.90 bits per heavy atom. The number of pyridine rings is 1. The first kappa shape index (κ1) is 12.8. The molecule has 7 nitrogen and oxygen atoms in total. The zero-order chi connectivity index (χ0) is 13.9. The molecule has 0 spiro atoms. The molecule has 0 aromatic carbocycles. The summed E-state index contributed by atoms with van der Waals surface area (Å²) < 4.78 is 1.90. The predicted molar refractivity (Wildman–Crippen MR) is 76.1 cm³/mol. The van der Waals surface area contributed by atoms with Gasteiger partial charge in [0.2, 0.25) is 5.28 Å². The van der Waals surface area contributed by atoms with Crippen LogP contribution in [0.2, 0.25) is 5.28 Å². The van der Waals surface area contributed by atoms with Crippen LogP contribution in [0.15, 0.2) is 30.7 Å². The molecule has 0 radical (unpaired) electrons. The summed E-state index contributed by atoms with van der Waals surface area (Å²) in [6.45, 7) is 0.699. The number of anilines is 1. The topological polar surface area (TPSA) is 94.5 Å². The molecule has 3 aromatic heterocycles. The van der Waals surface area contributed by atoms with Crippen molar-refractivity contribution in [2.24, 2.45) is 5.84 Å². The minimum atomic E-state index is 0.130. The molecule has 20 heavy (non-hydrogen) atoms. The Balaban J connectivity index is 1.91. The van der Waals surface area contributed by atoms with E-state index in [-0.39, 0.29) is 5.28 Å². The van der Waals surface area contributed by atoms with Crippen LogP contribution in [0.4, 0.5) is 5.82 Å². The van der Waals surface area contributed by atoms with Crippen molar-refractivity contribution in [1.82, 2.24) is 24.5 Å². The fourth-order valence-corrected chi connectivity index (χ4v) is 2.13. The lowest BCUT2D eigenvalue weighted by molar-refractivity contribution is 0.697. The molecule has 3 N–H and O–H groups in total. The maximum absolute atomic E-state index is 5.88. The molecule has 0 bridgehead atoms. The number of aromatic nitrogens is 5. The van der Waals surface area contributed by atoms with Gasteiger partial charge in [0.15, 0.2) is 17.0 Å². The summed E-state index contributed by atoms with van der Waals surface area (Å²) >= 11 is 5.88. The van der Waals surface area contributed by atoms with Crippen molar-refractivity contribution in [3.05, 3.63) is 41.7 Å². The zero-order valence-corrected chi connectivity index (χ0v) is 11.2. The number of nitrogens with two attached hydrogens (primary N) is 1. The summed E-state index contributed by atoms with van der Waals surface area (Å²) in [7, 11) is 0. The number of rotatable bonds is 4. The number of nitrogens with zero attached hydrogens (tertiary/aromatic N) is 5. The van der Waals surface area contributed by atoms with E-state index in [4.69, 9.17) is 17.4 Å². The molecule has 0 atom stereocenters. The number of fused-ring (bicyclic) bond motifs is 1. The standard InChI is InChI=1S/C12H12ClN7/c13-12-17-10(19-14)9-11(18-12)20(7-16-9)6-4-8-3-1-2-5-15-8/h1-3,5,7H,4,6,14H2,(H,17,18,19). The fourth-order valence-electron chi connectivity index (χ4n) is 1.96. The van der Waals surface area contributed by atoms with E-state index in [0.717, 1.165) is 12.1 Å². The van der Waals surface area contributed by atoms with Gasteiger partial charge in [0.25, 0.3) is 0 Å². The van der Waals surface area contributed by atoms with Crippen LogP contribution in [0, 0.1) is 0 Å². The third-order valence-electron chi connectivity index (χ3n) is 2.91. The minimum Gasteiger partial charge on any atom is -0.315 e. The van der Waals surface area contributed by atoms with Crippen molar-refractivity contribution in [2.75, 3.05) is 5.43 Å². The molecule has 8 heteroatoms. The Bertz CT molecular complexity index is 725. The summed E-state index contributed by atoms with van der Waals surface area (Å²) in [6, 6.07) is 5.83. The van der Waals surface area contributed by atoms with Crippen molar-refractivity contribution < 1.29 is 0 Å². The third kappa shape index (κ3) is 2.40. The van der Waals surface area contributed by atoms with Gasteiger partial charge in [-0.1, -0.05) is 6.07 Å². The molecule has 102 valence electrons. The summed E-state index contributed by atoms with van der Waals surface area (Å²) in [4.78, 5) is 16.7. The summed E-state index contributed by atoms with van der Waals surface area (Å²) in [5, 5.41) is 0.130. The van der Waals surface area contributed by atoms with Gasteiger partial charge in [-0.3, -0.25) is 4.98 Å². The van der Waals surface area contributed by atoms with Gasteiger partial charge in [-0.2, -0.15) is 9.97 Å². The highest BCUT2D eigenvalue weighted by Gasteiger charge is 2.11. The lowest BCUT2D eigenvalue weighted by atomic mass is 10.3. The molecule has 0 aliphatic rings. The van der Waals surface area contributed by atoms with Crippen LogP contribution in [0.25, 0.3) is 11.2 Å². The Labute approximate surface area is 119 Å². The van der Waals surface area contributed by atoms with E-state index in [1.54, 1.807) is 12.5 Å². The molecule has 0 aliphatic heterocycles. The monoisotopic (exact) mass is 289 g/mol. The first-order chi connectivity index (χ1) is 9.78. The molecule has 0 saturated heterocycles. The van der Waals surface area contributed by atoms with E-state index in [2.05, 4.69) is 25.4 Å². The molecule has 0 amide bonds. The van der Waals surface area contributed by atoms with Gasteiger partial charge < -0.3 is 9.99 Å². The quantitative estimate of drug-likeness (QED) is 0.428. The van der Waals surface area contributed by atoms with Crippen LogP contribution >= 0.6 is 11.6 Å². The van der Waals surface area contributed by atoms with Gasteiger partial charge in [-0.05, 0) is 23.7 Å². The normalized spacial score (nSPS) is 10.9. The van der Waals surface area contributed by atoms with E-state index in [9.17, 15) is 0 Å². The van der Waals surface area contributed by atoms with Crippen LogP contribution in [-0.2, 0) is 13.0 Å². The predicted octanol–water partition coefficient (Wildman–Crippen LogP) is 1.40. The number of nitrogen functional groups attached to an aromatic ring is 1.